The molecule has 8 rings (SSSR count). The van der Waals surface area contributed by atoms with Crippen LogP contribution in [-0.2, 0) is 19.1 Å². The number of cyclic esters (lactones) is 1. The summed E-state index contributed by atoms with van der Waals surface area (Å²) in [5.41, 5.74) is 4.72. The van der Waals surface area contributed by atoms with Gasteiger partial charge in [0.2, 0.25) is 0 Å². The Morgan fingerprint density at radius 1 is 1.12 bits per heavy atom. The van der Waals surface area contributed by atoms with E-state index in [1.54, 1.807) is 0 Å². The summed E-state index contributed by atoms with van der Waals surface area (Å²) in [7, 11) is 3.72. The number of hydrogen-bond donors (Lipinski definition) is 2. The number of dihydropyridines is 1. The van der Waals surface area contributed by atoms with E-state index in [0.717, 1.165) is 104 Å². The fourth-order valence-corrected chi connectivity index (χ4v) is 10.5. The van der Waals surface area contributed by atoms with Crippen molar-refractivity contribution in [1.29, 1.82) is 0 Å². The van der Waals surface area contributed by atoms with Gasteiger partial charge < -0.3 is 20.1 Å². The van der Waals surface area contributed by atoms with Crippen LogP contribution in [-0.4, -0.2) is 30.1 Å². The Balaban J connectivity index is 1.40. The van der Waals surface area contributed by atoms with Crippen LogP contribution >= 0.6 is 21.6 Å². The molecule has 0 aromatic rings. The highest BCUT2D eigenvalue weighted by Crippen LogP contribution is 2.71. The first-order valence-corrected chi connectivity index (χ1v) is 17.4. The normalized spacial score (nSPS) is 37.5. The minimum absolute atomic E-state index is 0.0552. The second-order valence-corrected chi connectivity index (χ2v) is 14.8. The zero-order valence-corrected chi connectivity index (χ0v) is 25.0. The van der Waals surface area contributed by atoms with E-state index >= 15 is 0 Å². The number of hydrogen-bond acceptors (Lipinski definition) is 8. The van der Waals surface area contributed by atoms with Gasteiger partial charge in [0.05, 0.1) is 22.7 Å². The average molecular weight is 579 g/mol. The Kier molecular flexibility index (Phi) is 6.98. The number of fused-ring (bicyclic) bond motifs is 2. The third kappa shape index (κ3) is 4.15. The molecule has 1 saturated heterocycles. The fourth-order valence-electron chi connectivity index (χ4n) is 8.29. The number of unbranched alkanes of at least 4 members (excludes halogenated alkanes) is 1. The number of carbonyl (C=O) groups excluding carboxylic acids is 2. The lowest BCUT2D eigenvalue weighted by Gasteiger charge is -2.56. The molecule has 8 heteroatoms. The summed E-state index contributed by atoms with van der Waals surface area (Å²) in [6.07, 6.45) is 16.0. The van der Waals surface area contributed by atoms with Gasteiger partial charge in [0.1, 0.15) is 11.5 Å². The van der Waals surface area contributed by atoms with Crippen LogP contribution in [0.5, 0.6) is 0 Å². The van der Waals surface area contributed by atoms with Crippen molar-refractivity contribution in [3.63, 3.8) is 0 Å². The molecule has 4 aliphatic heterocycles. The monoisotopic (exact) mass is 578 g/mol. The van der Waals surface area contributed by atoms with Gasteiger partial charge in [0.15, 0.2) is 0 Å². The second kappa shape index (κ2) is 10.5. The highest BCUT2D eigenvalue weighted by atomic mass is 33.1. The largest absolute Gasteiger partial charge is 0.427 e. The maximum Gasteiger partial charge on any atom is 0.340 e. The van der Waals surface area contributed by atoms with Crippen LogP contribution in [0, 0.1) is 29.1 Å². The summed E-state index contributed by atoms with van der Waals surface area (Å²) >= 11 is 0. The van der Waals surface area contributed by atoms with E-state index in [1.807, 2.05) is 21.6 Å². The number of allylic oxidation sites excluding steroid dienone is 7. The van der Waals surface area contributed by atoms with Gasteiger partial charge >= 0.3 is 11.9 Å². The number of ether oxygens (including phenoxy) is 2. The lowest BCUT2D eigenvalue weighted by Crippen LogP contribution is -2.52. The Morgan fingerprint density at radius 2 is 2.02 bits per heavy atom. The molecule has 6 nitrogen and oxygen atoms in total. The van der Waals surface area contributed by atoms with Gasteiger partial charge in [-0.2, -0.15) is 0 Å². The molecule has 40 heavy (non-hydrogen) atoms. The first-order valence-electron chi connectivity index (χ1n) is 15.0. The molecule has 7 bridgehead atoms. The zero-order chi connectivity index (χ0) is 27.4. The molecular formula is C32H38N2O4S2. The Labute approximate surface area is 244 Å². The topological polar surface area (TPSA) is 76.7 Å². The van der Waals surface area contributed by atoms with E-state index in [1.165, 1.54) is 11.1 Å². The lowest BCUT2D eigenvalue weighted by atomic mass is 9.44. The Hall–Kier alpha value is -2.32. The molecule has 0 aromatic heterocycles. The number of nitrogens with one attached hydrogen (secondary N) is 2. The van der Waals surface area contributed by atoms with Gasteiger partial charge in [-0.15, -0.1) is 0 Å². The van der Waals surface area contributed by atoms with Gasteiger partial charge in [0, 0.05) is 29.4 Å². The molecule has 2 N–H and O–H groups in total. The summed E-state index contributed by atoms with van der Waals surface area (Å²) in [6.45, 7) is 5.18. The molecule has 5 atom stereocenters. The summed E-state index contributed by atoms with van der Waals surface area (Å²) < 4.78 is 12.2. The van der Waals surface area contributed by atoms with Crippen LogP contribution in [0.1, 0.15) is 65.2 Å². The van der Waals surface area contributed by atoms with E-state index < -0.39 is 5.41 Å². The summed E-state index contributed by atoms with van der Waals surface area (Å²) in [5.74, 6) is 5.08. The Bertz CT molecular complexity index is 1340. The van der Waals surface area contributed by atoms with Crippen molar-refractivity contribution in [2.24, 2.45) is 29.1 Å². The standard InChI is InChI=1S/C32H38N2O4S2/c1-3-4-5-24-22-8-7-21-20-10-12-32(28(21)27(22)30(35)37-24)25-9-6-18(2)16-39-40-17-34-26-15-19(11-13-33-26)14-23(20)29(32)31(36)38-25/h5,9,11,15,18,20-21,28,33-34H,3-4,6-8,10,12-14,16-17H2,1-2H3/b24-5-,25-9-/t18-,20+,21+,28-,32+/m1/s1. The van der Waals surface area contributed by atoms with Gasteiger partial charge in [0.25, 0.3) is 0 Å². The van der Waals surface area contributed by atoms with E-state index in [2.05, 4.69) is 48.8 Å². The molecule has 4 heterocycles. The van der Waals surface area contributed by atoms with E-state index in [-0.39, 0.29) is 23.8 Å². The highest BCUT2D eigenvalue weighted by Gasteiger charge is 2.68. The van der Waals surface area contributed by atoms with Crippen molar-refractivity contribution >= 4 is 33.5 Å². The number of rotatable bonds is 2. The minimum atomic E-state index is -0.566. The smallest absolute Gasteiger partial charge is 0.340 e. The molecule has 0 aromatic carbocycles. The molecule has 0 unspecified atom stereocenters. The third-order valence-corrected chi connectivity index (χ3v) is 12.3. The zero-order valence-electron chi connectivity index (χ0n) is 23.3. The van der Waals surface area contributed by atoms with Crippen LogP contribution in [0.15, 0.2) is 69.5 Å². The van der Waals surface area contributed by atoms with Gasteiger partial charge in [-0.05, 0) is 86.5 Å². The van der Waals surface area contributed by atoms with Crippen molar-refractivity contribution in [3.05, 3.63) is 69.5 Å². The van der Waals surface area contributed by atoms with Crippen molar-refractivity contribution in [1.82, 2.24) is 10.6 Å². The molecule has 212 valence electrons. The van der Waals surface area contributed by atoms with Crippen LogP contribution in [0.4, 0.5) is 0 Å². The van der Waals surface area contributed by atoms with E-state index in [9.17, 15) is 9.59 Å². The maximum atomic E-state index is 13.9. The van der Waals surface area contributed by atoms with Crippen LogP contribution in [0.25, 0.3) is 0 Å². The third-order valence-electron chi connectivity index (χ3n) is 9.93. The summed E-state index contributed by atoms with van der Waals surface area (Å²) in [5, 5.41) is 7.00. The molecule has 8 aliphatic rings. The van der Waals surface area contributed by atoms with Crippen molar-refractivity contribution in [3.8, 4) is 0 Å². The Morgan fingerprint density at radius 3 is 2.90 bits per heavy atom. The van der Waals surface area contributed by atoms with Crippen LogP contribution in [0.2, 0.25) is 0 Å². The number of carbonyl (C=O) groups is 2. The number of esters is 2. The molecular weight excluding hydrogens is 540 g/mol. The van der Waals surface area contributed by atoms with Gasteiger partial charge in [-0.1, -0.05) is 53.5 Å². The minimum Gasteiger partial charge on any atom is -0.427 e. The van der Waals surface area contributed by atoms with Gasteiger partial charge in [-0.3, -0.25) is 0 Å². The molecule has 0 radical (unpaired) electrons. The molecule has 4 aliphatic carbocycles. The fraction of sp³-hybridized carbons (Fsp3) is 0.562. The maximum absolute atomic E-state index is 13.9. The summed E-state index contributed by atoms with van der Waals surface area (Å²) in [6, 6.07) is 0. The highest BCUT2D eigenvalue weighted by molar-refractivity contribution is 8.76. The molecule has 2 fully saturated rings. The first-order chi connectivity index (χ1) is 19.5. The second-order valence-electron chi connectivity index (χ2n) is 12.3. The van der Waals surface area contributed by atoms with Crippen molar-refractivity contribution < 1.29 is 19.1 Å². The quantitative estimate of drug-likeness (QED) is 0.287. The van der Waals surface area contributed by atoms with Crippen LogP contribution in [0.3, 0.4) is 0 Å². The lowest BCUT2D eigenvalue weighted by molar-refractivity contribution is -0.135. The van der Waals surface area contributed by atoms with E-state index in [4.69, 9.17) is 9.47 Å². The van der Waals surface area contributed by atoms with Crippen LogP contribution < -0.4 is 10.6 Å². The molecule has 1 saturated carbocycles. The van der Waals surface area contributed by atoms with Crippen molar-refractivity contribution in [2.75, 3.05) is 18.2 Å². The molecule has 1 spiro atoms. The first kappa shape index (κ1) is 26.6. The van der Waals surface area contributed by atoms with Crippen molar-refractivity contribution in [2.45, 2.75) is 65.2 Å². The van der Waals surface area contributed by atoms with E-state index in [0.29, 0.717) is 11.8 Å². The molecule has 0 amide bonds. The predicted molar refractivity (Wildman–Crippen MR) is 159 cm³/mol. The van der Waals surface area contributed by atoms with Gasteiger partial charge in [-0.25, -0.2) is 9.59 Å². The predicted octanol–water partition coefficient (Wildman–Crippen LogP) is 6.43. The SMILES string of the molecule is CCC/C=C1\OC(=O)C2=C1CC[C@H]1[C@@H]3CC[C@@]4(C5=C3CC3=CCNC(=C3)NCSSC[C@H](C)C/C=C/4OC5=O)[C@@H]21. The average Bonchev–Trinajstić information content (AvgIpc) is 3.44. The summed E-state index contributed by atoms with van der Waals surface area (Å²) in [4.78, 5) is 27.5.